The number of thioether (sulfide) groups is 1. The molecule has 2 aromatic rings. The minimum absolute atomic E-state index is 0.493. The zero-order chi connectivity index (χ0) is 13.8. The van der Waals surface area contributed by atoms with E-state index in [1.54, 1.807) is 11.3 Å². The summed E-state index contributed by atoms with van der Waals surface area (Å²) in [6, 6.07) is 13.2. The standard InChI is InChI=1S/C15H15BrN2S2/c16-13-6-7-19-14(13)9-17-15-18-12(10-20-15)8-11-4-2-1-3-5-11/h1-7,12H,8-10H2,(H,17,18). The van der Waals surface area contributed by atoms with Gasteiger partial charge in [-0.2, -0.15) is 0 Å². The van der Waals surface area contributed by atoms with E-state index in [0.29, 0.717) is 6.04 Å². The summed E-state index contributed by atoms with van der Waals surface area (Å²) in [6.45, 7) is 0.756. The Labute approximate surface area is 135 Å². The zero-order valence-corrected chi connectivity index (χ0v) is 14.1. The Morgan fingerprint density at radius 3 is 2.85 bits per heavy atom. The Kier molecular flexibility index (Phi) is 4.81. The number of nitrogens with one attached hydrogen (secondary N) is 1. The molecule has 1 unspecified atom stereocenters. The quantitative estimate of drug-likeness (QED) is 0.871. The third kappa shape index (κ3) is 3.65. The Morgan fingerprint density at radius 1 is 1.25 bits per heavy atom. The third-order valence-electron chi connectivity index (χ3n) is 3.13. The molecule has 20 heavy (non-hydrogen) atoms. The second kappa shape index (κ2) is 6.78. The second-order valence-electron chi connectivity index (χ2n) is 4.66. The van der Waals surface area contributed by atoms with Gasteiger partial charge in [0.25, 0.3) is 0 Å². The molecule has 3 rings (SSSR count). The van der Waals surface area contributed by atoms with Gasteiger partial charge in [-0.15, -0.1) is 11.3 Å². The van der Waals surface area contributed by atoms with Crippen molar-refractivity contribution in [2.75, 3.05) is 5.75 Å². The molecule has 1 aliphatic rings. The van der Waals surface area contributed by atoms with Gasteiger partial charge in [-0.25, -0.2) is 0 Å². The molecular formula is C15H15BrN2S2. The molecule has 1 N–H and O–H groups in total. The first-order valence-electron chi connectivity index (χ1n) is 6.51. The summed E-state index contributed by atoms with van der Waals surface area (Å²) in [5.74, 6) is 1.10. The predicted octanol–water partition coefficient (Wildman–Crippen LogP) is 4.31. The largest absolute Gasteiger partial charge is 0.361 e. The van der Waals surface area contributed by atoms with Crippen LogP contribution < -0.4 is 5.32 Å². The van der Waals surface area contributed by atoms with E-state index in [-0.39, 0.29) is 0 Å². The molecule has 0 saturated carbocycles. The Morgan fingerprint density at radius 2 is 2.10 bits per heavy atom. The molecule has 0 spiro atoms. The highest BCUT2D eigenvalue weighted by atomic mass is 79.9. The van der Waals surface area contributed by atoms with Crippen LogP contribution in [0.25, 0.3) is 0 Å². The summed E-state index contributed by atoms with van der Waals surface area (Å²) in [5, 5.41) is 6.69. The highest BCUT2D eigenvalue weighted by Crippen LogP contribution is 2.24. The molecule has 1 fully saturated rings. The molecule has 1 aromatic heterocycles. The normalized spacial score (nSPS) is 20.2. The van der Waals surface area contributed by atoms with E-state index >= 15 is 0 Å². The van der Waals surface area contributed by atoms with Crippen molar-refractivity contribution in [2.24, 2.45) is 4.99 Å². The molecular weight excluding hydrogens is 352 g/mol. The zero-order valence-electron chi connectivity index (χ0n) is 10.9. The predicted molar refractivity (Wildman–Crippen MR) is 92.7 cm³/mol. The summed E-state index contributed by atoms with van der Waals surface area (Å²) in [6.07, 6.45) is 1.07. The molecule has 0 aliphatic carbocycles. The van der Waals surface area contributed by atoms with Gasteiger partial charge in [-0.1, -0.05) is 42.1 Å². The first kappa shape index (κ1) is 14.2. The third-order valence-corrected chi connectivity index (χ3v) is 6.13. The molecule has 0 bridgehead atoms. The number of benzene rings is 1. The van der Waals surface area contributed by atoms with Crippen LogP contribution in [0.4, 0.5) is 0 Å². The van der Waals surface area contributed by atoms with Crippen LogP contribution in [0, 0.1) is 0 Å². The van der Waals surface area contributed by atoms with Gasteiger partial charge in [0.2, 0.25) is 0 Å². The number of hydrogen-bond acceptors (Lipinski definition) is 3. The van der Waals surface area contributed by atoms with Gasteiger partial charge >= 0.3 is 0 Å². The maximum atomic E-state index is 4.67. The van der Waals surface area contributed by atoms with Gasteiger partial charge in [-0.05, 0) is 39.4 Å². The van der Waals surface area contributed by atoms with E-state index in [0.717, 1.165) is 28.4 Å². The number of rotatable bonds is 4. The molecule has 1 aromatic carbocycles. The summed E-state index contributed by atoms with van der Waals surface area (Å²) in [7, 11) is 0. The molecule has 1 aliphatic heterocycles. The smallest absolute Gasteiger partial charge is 0.157 e. The van der Waals surface area contributed by atoms with Crippen LogP contribution in [0.15, 0.2) is 51.2 Å². The number of halogens is 1. The monoisotopic (exact) mass is 366 g/mol. The average Bonchev–Trinajstić information content (AvgIpc) is 3.07. The Bertz CT molecular complexity index is 595. The van der Waals surface area contributed by atoms with Crippen molar-refractivity contribution in [3.63, 3.8) is 0 Å². The summed E-state index contributed by atoms with van der Waals surface area (Å²) in [4.78, 5) is 5.95. The maximum Gasteiger partial charge on any atom is 0.157 e. The van der Waals surface area contributed by atoms with Crippen molar-refractivity contribution >= 4 is 44.2 Å². The van der Waals surface area contributed by atoms with Crippen molar-refractivity contribution < 1.29 is 0 Å². The van der Waals surface area contributed by atoms with Crippen LogP contribution in [0.1, 0.15) is 10.4 Å². The fraction of sp³-hybridized carbons (Fsp3) is 0.267. The molecule has 5 heteroatoms. The van der Waals surface area contributed by atoms with E-state index < -0.39 is 0 Å². The molecule has 1 atom stereocenters. The van der Waals surface area contributed by atoms with E-state index in [1.807, 2.05) is 11.8 Å². The van der Waals surface area contributed by atoms with Crippen molar-refractivity contribution in [3.05, 3.63) is 56.7 Å². The molecule has 0 amide bonds. The highest BCUT2D eigenvalue weighted by molar-refractivity contribution is 9.10. The van der Waals surface area contributed by atoms with Crippen molar-refractivity contribution in [1.82, 2.24) is 5.32 Å². The maximum absolute atomic E-state index is 4.67. The van der Waals surface area contributed by atoms with Gasteiger partial charge in [0.15, 0.2) is 5.17 Å². The van der Waals surface area contributed by atoms with Crippen LogP contribution in [0.2, 0.25) is 0 Å². The summed E-state index contributed by atoms with van der Waals surface area (Å²) < 4.78 is 1.16. The fourth-order valence-electron chi connectivity index (χ4n) is 2.12. The molecule has 2 heterocycles. The van der Waals surface area contributed by atoms with Crippen LogP contribution in [0.5, 0.6) is 0 Å². The second-order valence-corrected chi connectivity index (χ2v) is 7.52. The summed E-state index contributed by atoms with van der Waals surface area (Å²) in [5.41, 5.74) is 1.38. The van der Waals surface area contributed by atoms with Crippen molar-refractivity contribution in [2.45, 2.75) is 19.0 Å². The van der Waals surface area contributed by atoms with Gasteiger partial charge in [0.1, 0.15) is 0 Å². The minimum atomic E-state index is 0.493. The van der Waals surface area contributed by atoms with E-state index in [9.17, 15) is 0 Å². The lowest BCUT2D eigenvalue weighted by molar-refractivity contribution is 0.686. The van der Waals surface area contributed by atoms with E-state index in [2.05, 4.69) is 68.0 Å². The minimum Gasteiger partial charge on any atom is -0.361 e. The van der Waals surface area contributed by atoms with Crippen molar-refractivity contribution in [3.8, 4) is 0 Å². The van der Waals surface area contributed by atoms with Gasteiger partial charge in [0.05, 0.1) is 6.54 Å². The van der Waals surface area contributed by atoms with Gasteiger partial charge < -0.3 is 5.32 Å². The lowest BCUT2D eigenvalue weighted by Gasteiger charge is -2.09. The van der Waals surface area contributed by atoms with Crippen LogP contribution in [-0.4, -0.2) is 17.0 Å². The number of aliphatic imine (C=N–C) groups is 1. The van der Waals surface area contributed by atoms with Gasteiger partial charge in [-0.3, -0.25) is 4.99 Å². The lowest BCUT2D eigenvalue weighted by Crippen LogP contribution is -2.28. The topological polar surface area (TPSA) is 24.4 Å². The number of hydrogen-bond donors (Lipinski definition) is 1. The van der Waals surface area contributed by atoms with Crippen LogP contribution >= 0.6 is 39.0 Å². The van der Waals surface area contributed by atoms with E-state index in [1.165, 1.54) is 10.4 Å². The SMILES string of the molecule is Brc1ccsc1CN=C1NC(Cc2ccccc2)CS1. The number of thiophene rings is 1. The average molecular weight is 367 g/mol. The van der Waals surface area contributed by atoms with E-state index in [4.69, 9.17) is 0 Å². The Hall–Kier alpha value is -0.780. The van der Waals surface area contributed by atoms with Gasteiger partial charge in [0, 0.05) is 21.1 Å². The van der Waals surface area contributed by atoms with Crippen LogP contribution in [-0.2, 0) is 13.0 Å². The fourth-order valence-corrected chi connectivity index (χ4v) is 4.49. The number of nitrogens with zero attached hydrogens (tertiary/aromatic N) is 1. The highest BCUT2D eigenvalue weighted by Gasteiger charge is 2.20. The molecule has 1 saturated heterocycles. The number of amidine groups is 1. The molecule has 104 valence electrons. The van der Waals surface area contributed by atoms with Crippen LogP contribution in [0.3, 0.4) is 0 Å². The first-order valence-corrected chi connectivity index (χ1v) is 9.16. The van der Waals surface area contributed by atoms with Crippen molar-refractivity contribution in [1.29, 1.82) is 0 Å². The molecule has 2 nitrogen and oxygen atoms in total. The Balaban J connectivity index is 1.55. The molecule has 0 radical (unpaired) electrons. The lowest BCUT2D eigenvalue weighted by atomic mass is 10.1. The summed E-state index contributed by atoms with van der Waals surface area (Å²) >= 11 is 7.12. The first-order chi connectivity index (χ1) is 9.81.